The quantitative estimate of drug-likeness (QED) is 0.345. The van der Waals surface area contributed by atoms with Crippen LogP contribution in [0.25, 0.3) is 0 Å². The Morgan fingerprint density at radius 1 is 1.10 bits per heavy atom. The van der Waals surface area contributed by atoms with Gasteiger partial charge >= 0.3 is 11.9 Å². The summed E-state index contributed by atoms with van der Waals surface area (Å²) in [5, 5.41) is 0. The molecule has 1 aromatic rings. The van der Waals surface area contributed by atoms with Crippen LogP contribution < -0.4 is 9.47 Å². The van der Waals surface area contributed by atoms with Crippen molar-refractivity contribution in [1.82, 2.24) is 0 Å². The molecule has 0 radical (unpaired) electrons. The second-order valence-electron chi connectivity index (χ2n) is 3.58. The molecule has 0 bridgehead atoms. The van der Waals surface area contributed by atoms with Gasteiger partial charge in [0, 0.05) is 12.2 Å². The fraction of sp³-hybridized carbons (Fsp3) is 0.0667. The highest BCUT2D eigenvalue weighted by molar-refractivity contribution is 5.83. The highest BCUT2D eigenvalue weighted by atomic mass is 16.5. The lowest BCUT2D eigenvalue weighted by molar-refractivity contribution is -0.132. The minimum atomic E-state index is -0.576. The monoisotopic (exact) mass is 274 g/mol. The van der Waals surface area contributed by atoms with Crippen LogP contribution in [0.1, 0.15) is 5.56 Å². The lowest BCUT2D eigenvalue weighted by Crippen LogP contribution is -2.03. The van der Waals surface area contributed by atoms with E-state index in [4.69, 9.17) is 9.47 Å². The van der Waals surface area contributed by atoms with Crippen LogP contribution in [0.15, 0.2) is 56.0 Å². The number of ether oxygens (including phenoxy) is 3. The summed E-state index contributed by atoms with van der Waals surface area (Å²) in [4.78, 5) is 21.8. The number of carbonyl (C=O) groups excluding carboxylic acids is 2. The van der Waals surface area contributed by atoms with E-state index in [1.54, 1.807) is 25.1 Å². The molecule has 0 atom stereocenters. The average Bonchev–Trinajstić information content (AvgIpc) is 2.44. The van der Waals surface area contributed by atoms with Gasteiger partial charge in [-0.15, -0.1) is 0 Å². The van der Waals surface area contributed by atoms with Crippen LogP contribution in [0.5, 0.6) is 11.5 Å². The van der Waals surface area contributed by atoms with Crippen molar-refractivity contribution in [2.75, 3.05) is 0 Å². The first-order valence-electron chi connectivity index (χ1n) is 5.66. The van der Waals surface area contributed by atoms with Crippen LogP contribution in [0.3, 0.4) is 0 Å². The maximum Gasteiger partial charge on any atom is 0.335 e. The van der Waals surface area contributed by atoms with Crippen molar-refractivity contribution in [3.63, 3.8) is 0 Å². The Labute approximate surface area is 116 Å². The second kappa shape index (κ2) is 7.58. The van der Waals surface area contributed by atoms with Gasteiger partial charge in [0.05, 0.1) is 0 Å². The maximum atomic E-state index is 11.0. The van der Waals surface area contributed by atoms with Crippen LogP contribution >= 0.6 is 0 Å². The van der Waals surface area contributed by atoms with E-state index in [-0.39, 0.29) is 0 Å². The largest absolute Gasteiger partial charge is 0.461 e. The predicted molar refractivity (Wildman–Crippen MR) is 73.1 cm³/mol. The van der Waals surface area contributed by atoms with Gasteiger partial charge < -0.3 is 14.2 Å². The molecule has 0 aliphatic rings. The number of benzene rings is 1. The fourth-order valence-electron chi connectivity index (χ4n) is 1.22. The summed E-state index contributed by atoms with van der Waals surface area (Å²) < 4.78 is 14.8. The van der Waals surface area contributed by atoms with E-state index in [1.165, 1.54) is 6.26 Å². The standard InChI is InChI=1S/C15H14O5/c1-4-14(16)19-9-8-18-13-7-6-12(10-11(13)3)20-15(17)5-2/h4-10H,1-2H2,3H3/b9-8-. The van der Waals surface area contributed by atoms with Crippen LogP contribution in [0, 0.1) is 6.92 Å². The van der Waals surface area contributed by atoms with Crippen molar-refractivity contribution in [3.8, 4) is 11.5 Å². The van der Waals surface area contributed by atoms with Crippen molar-refractivity contribution in [2.24, 2.45) is 0 Å². The molecule has 20 heavy (non-hydrogen) atoms. The summed E-state index contributed by atoms with van der Waals surface area (Å²) in [5.41, 5.74) is 0.749. The molecule has 0 spiro atoms. The average molecular weight is 274 g/mol. The summed E-state index contributed by atoms with van der Waals surface area (Å²) in [5.74, 6) is -0.182. The van der Waals surface area contributed by atoms with Crippen molar-refractivity contribution >= 4 is 11.9 Å². The Morgan fingerprint density at radius 3 is 2.40 bits per heavy atom. The van der Waals surface area contributed by atoms with Gasteiger partial charge in [0.1, 0.15) is 24.0 Å². The van der Waals surface area contributed by atoms with Gasteiger partial charge in [-0.1, -0.05) is 13.2 Å². The summed E-state index contributed by atoms with van der Waals surface area (Å²) in [6.45, 7) is 8.35. The molecule has 0 saturated heterocycles. The Morgan fingerprint density at radius 2 is 1.80 bits per heavy atom. The number of carbonyl (C=O) groups is 2. The molecule has 0 aromatic heterocycles. The van der Waals surface area contributed by atoms with Gasteiger partial charge in [-0.25, -0.2) is 9.59 Å². The van der Waals surface area contributed by atoms with E-state index in [0.717, 1.165) is 24.0 Å². The fourth-order valence-corrected chi connectivity index (χ4v) is 1.22. The first-order chi connectivity index (χ1) is 9.56. The van der Waals surface area contributed by atoms with Gasteiger partial charge in [-0.2, -0.15) is 0 Å². The van der Waals surface area contributed by atoms with Crippen molar-refractivity contribution in [1.29, 1.82) is 0 Å². The summed E-state index contributed by atoms with van der Waals surface area (Å²) in [6.07, 6.45) is 4.45. The molecular weight excluding hydrogens is 260 g/mol. The Balaban J connectivity index is 2.64. The molecule has 0 aliphatic heterocycles. The molecule has 5 nitrogen and oxygen atoms in total. The molecule has 5 heteroatoms. The predicted octanol–water partition coefficient (Wildman–Crippen LogP) is 2.67. The molecular formula is C15H14O5. The lowest BCUT2D eigenvalue weighted by atomic mass is 10.2. The van der Waals surface area contributed by atoms with E-state index in [1.807, 2.05) is 0 Å². The number of esters is 2. The van der Waals surface area contributed by atoms with E-state index < -0.39 is 11.9 Å². The van der Waals surface area contributed by atoms with Gasteiger partial charge in [0.15, 0.2) is 0 Å². The molecule has 0 aliphatic carbocycles. The Kier molecular flexibility index (Phi) is 5.77. The van der Waals surface area contributed by atoms with Gasteiger partial charge in [0.2, 0.25) is 0 Å². The van der Waals surface area contributed by atoms with Crippen molar-refractivity contribution < 1.29 is 23.8 Å². The van der Waals surface area contributed by atoms with Crippen LogP contribution in [0.2, 0.25) is 0 Å². The molecule has 0 unspecified atom stereocenters. The normalized spacial score (nSPS) is 9.85. The number of hydrogen-bond donors (Lipinski definition) is 0. The van der Waals surface area contributed by atoms with Gasteiger partial charge in [0.25, 0.3) is 0 Å². The molecule has 0 N–H and O–H groups in total. The highest BCUT2D eigenvalue weighted by Gasteiger charge is 2.04. The minimum absolute atomic E-state index is 0.391. The van der Waals surface area contributed by atoms with E-state index in [0.29, 0.717) is 11.5 Å². The number of hydrogen-bond acceptors (Lipinski definition) is 5. The minimum Gasteiger partial charge on any atom is -0.461 e. The topological polar surface area (TPSA) is 61.8 Å². The van der Waals surface area contributed by atoms with Crippen molar-refractivity contribution in [2.45, 2.75) is 6.92 Å². The van der Waals surface area contributed by atoms with Crippen molar-refractivity contribution in [3.05, 3.63) is 61.6 Å². The SMILES string of the molecule is C=CC(=O)O/C=C\Oc1ccc(OC(=O)C=C)cc1C. The molecule has 1 rings (SSSR count). The third kappa shape index (κ3) is 4.81. The van der Waals surface area contributed by atoms with E-state index >= 15 is 0 Å². The number of aryl methyl sites for hydroxylation is 1. The van der Waals surface area contributed by atoms with Crippen LogP contribution in [-0.4, -0.2) is 11.9 Å². The van der Waals surface area contributed by atoms with Gasteiger partial charge in [-0.05, 0) is 30.7 Å². The summed E-state index contributed by atoms with van der Waals surface area (Å²) in [6, 6.07) is 4.84. The first kappa shape index (κ1) is 15.2. The zero-order valence-electron chi connectivity index (χ0n) is 11.0. The molecule has 0 heterocycles. The van der Waals surface area contributed by atoms with E-state index in [2.05, 4.69) is 17.9 Å². The molecule has 0 fully saturated rings. The smallest absolute Gasteiger partial charge is 0.335 e. The Hall–Kier alpha value is -2.82. The second-order valence-corrected chi connectivity index (χ2v) is 3.58. The van der Waals surface area contributed by atoms with Crippen LogP contribution in [0.4, 0.5) is 0 Å². The molecule has 0 amide bonds. The third-order valence-corrected chi connectivity index (χ3v) is 2.13. The molecule has 0 saturated carbocycles. The van der Waals surface area contributed by atoms with E-state index in [9.17, 15) is 9.59 Å². The van der Waals surface area contributed by atoms with Crippen LogP contribution in [-0.2, 0) is 14.3 Å². The summed E-state index contributed by atoms with van der Waals surface area (Å²) in [7, 11) is 0. The first-order valence-corrected chi connectivity index (χ1v) is 5.66. The maximum absolute atomic E-state index is 11.0. The zero-order chi connectivity index (χ0) is 15.0. The zero-order valence-corrected chi connectivity index (χ0v) is 11.0. The molecule has 104 valence electrons. The van der Waals surface area contributed by atoms with Gasteiger partial charge in [-0.3, -0.25) is 0 Å². The lowest BCUT2D eigenvalue weighted by Gasteiger charge is -2.07. The number of rotatable bonds is 6. The summed E-state index contributed by atoms with van der Waals surface area (Å²) >= 11 is 0. The highest BCUT2D eigenvalue weighted by Crippen LogP contribution is 2.23. The molecule has 1 aromatic carbocycles. The Bertz CT molecular complexity index is 557. The third-order valence-electron chi connectivity index (χ3n) is 2.13.